The number of nitrogen functional groups attached to an aromatic ring is 1. The van der Waals surface area contributed by atoms with Crippen LogP contribution in [0.15, 0.2) is 33.9 Å². The highest BCUT2D eigenvalue weighted by Crippen LogP contribution is 2.22. The number of para-hydroxylation sites is 1. The van der Waals surface area contributed by atoms with Crippen LogP contribution in [0.25, 0.3) is 0 Å². The van der Waals surface area contributed by atoms with E-state index in [-0.39, 0.29) is 17.2 Å². The number of carbonyl (C=O) groups excluding carboxylic acids is 1. The molecule has 0 saturated carbocycles. The summed E-state index contributed by atoms with van der Waals surface area (Å²) in [5.41, 5.74) is 7.07. The van der Waals surface area contributed by atoms with Crippen LogP contribution in [0.5, 0.6) is 0 Å². The van der Waals surface area contributed by atoms with Crippen LogP contribution < -0.4 is 21.9 Å². The molecule has 0 aliphatic carbocycles. The van der Waals surface area contributed by atoms with Crippen molar-refractivity contribution in [3.63, 3.8) is 0 Å². The molecule has 0 spiro atoms. The summed E-state index contributed by atoms with van der Waals surface area (Å²) in [7, 11) is 2.81. The van der Waals surface area contributed by atoms with Gasteiger partial charge in [-0.25, -0.2) is 4.79 Å². The van der Waals surface area contributed by atoms with Crippen LogP contribution in [0.3, 0.4) is 0 Å². The summed E-state index contributed by atoms with van der Waals surface area (Å²) in [5.74, 6) is -0.429. The minimum atomic E-state index is -0.643. The predicted molar refractivity (Wildman–Crippen MR) is 110 cm³/mol. The SMILES string of the molecule is Cc1ccccc1N1CCN([C@H](C)C(=O)c2c(N)n(C)c(=O)n(C)c2=O)CC1. The summed E-state index contributed by atoms with van der Waals surface area (Å²) in [4.78, 5) is 41.9. The highest BCUT2D eigenvalue weighted by Gasteiger charge is 2.30. The number of hydrogen-bond donors (Lipinski definition) is 1. The van der Waals surface area contributed by atoms with E-state index in [2.05, 4.69) is 28.9 Å². The van der Waals surface area contributed by atoms with Gasteiger partial charge in [-0.2, -0.15) is 0 Å². The first-order valence-electron chi connectivity index (χ1n) is 9.38. The molecule has 1 aliphatic heterocycles. The van der Waals surface area contributed by atoms with E-state index in [1.165, 1.54) is 25.3 Å². The van der Waals surface area contributed by atoms with Crippen LogP contribution in [0.2, 0.25) is 0 Å². The van der Waals surface area contributed by atoms with Gasteiger partial charge in [-0.1, -0.05) is 18.2 Å². The quantitative estimate of drug-likeness (QED) is 0.765. The summed E-state index contributed by atoms with van der Waals surface area (Å²) in [6.07, 6.45) is 0. The summed E-state index contributed by atoms with van der Waals surface area (Å²) >= 11 is 0. The number of rotatable bonds is 4. The van der Waals surface area contributed by atoms with Crippen LogP contribution in [0.4, 0.5) is 11.5 Å². The van der Waals surface area contributed by atoms with Crippen molar-refractivity contribution < 1.29 is 4.79 Å². The fraction of sp³-hybridized carbons (Fsp3) is 0.450. The summed E-state index contributed by atoms with van der Waals surface area (Å²) in [5, 5.41) is 0. The molecule has 1 aromatic heterocycles. The van der Waals surface area contributed by atoms with E-state index in [0.29, 0.717) is 13.1 Å². The fourth-order valence-corrected chi connectivity index (χ4v) is 3.73. The molecule has 8 heteroatoms. The first-order valence-corrected chi connectivity index (χ1v) is 9.38. The number of anilines is 2. The normalized spacial score (nSPS) is 16.2. The van der Waals surface area contributed by atoms with Crippen LogP contribution in [-0.2, 0) is 14.1 Å². The lowest BCUT2D eigenvalue weighted by molar-refractivity contribution is 0.0827. The van der Waals surface area contributed by atoms with Crippen LogP contribution in [-0.4, -0.2) is 52.0 Å². The largest absolute Gasteiger partial charge is 0.384 e. The predicted octanol–water partition coefficient (Wildman–Crippen LogP) is 0.368. The van der Waals surface area contributed by atoms with E-state index >= 15 is 0 Å². The maximum atomic E-state index is 13.0. The Labute approximate surface area is 163 Å². The van der Waals surface area contributed by atoms with Crippen molar-refractivity contribution in [1.82, 2.24) is 14.0 Å². The highest BCUT2D eigenvalue weighted by atomic mass is 16.2. The van der Waals surface area contributed by atoms with Crippen molar-refractivity contribution in [3.8, 4) is 0 Å². The molecular weight excluding hydrogens is 358 g/mol. The number of nitrogens with zero attached hydrogens (tertiary/aromatic N) is 4. The summed E-state index contributed by atoms with van der Waals surface area (Å²) < 4.78 is 2.06. The zero-order valence-electron chi connectivity index (χ0n) is 16.8. The van der Waals surface area contributed by atoms with Crippen molar-refractivity contribution in [2.45, 2.75) is 19.9 Å². The monoisotopic (exact) mass is 385 g/mol. The van der Waals surface area contributed by atoms with E-state index in [0.717, 1.165) is 22.2 Å². The van der Waals surface area contributed by atoms with E-state index in [9.17, 15) is 14.4 Å². The number of carbonyl (C=O) groups is 1. The number of piperazine rings is 1. The molecule has 2 heterocycles. The zero-order valence-corrected chi connectivity index (χ0v) is 16.8. The third kappa shape index (κ3) is 3.35. The van der Waals surface area contributed by atoms with Gasteiger partial charge in [0.1, 0.15) is 11.4 Å². The maximum absolute atomic E-state index is 13.0. The van der Waals surface area contributed by atoms with Gasteiger partial charge in [0.2, 0.25) is 0 Å². The number of aromatic nitrogens is 2. The van der Waals surface area contributed by atoms with Gasteiger partial charge in [-0.15, -0.1) is 0 Å². The highest BCUT2D eigenvalue weighted by molar-refractivity contribution is 6.03. The molecular formula is C20H27N5O3. The van der Waals surface area contributed by atoms with Gasteiger partial charge in [-0.3, -0.25) is 23.6 Å². The first kappa shape index (κ1) is 19.9. The fourth-order valence-electron chi connectivity index (χ4n) is 3.73. The minimum absolute atomic E-state index is 0.0801. The average molecular weight is 385 g/mol. The van der Waals surface area contributed by atoms with E-state index in [1.54, 1.807) is 6.92 Å². The second kappa shape index (κ2) is 7.63. The van der Waals surface area contributed by atoms with Crippen molar-refractivity contribution in [2.75, 3.05) is 36.8 Å². The second-order valence-electron chi connectivity index (χ2n) is 7.32. The van der Waals surface area contributed by atoms with E-state index in [1.807, 2.05) is 12.1 Å². The molecule has 0 bridgehead atoms. The molecule has 2 aromatic rings. The topological polar surface area (TPSA) is 93.6 Å². The number of hydrogen-bond acceptors (Lipinski definition) is 6. The standard InChI is InChI=1S/C20H27N5O3/c1-13-7-5-6-8-15(13)25-11-9-24(10-12-25)14(2)17(26)16-18(21)22(3)20(28)23(4)19(16)27/h5-8,14H,9-12,21H2,1-4H3/t14-/m1/s1. The van der Waals surface area contributed by atoms with Gasteiger partial charge < -0.3 is 10.6 Å². The molecule has 3 rings (SSSR count). The Hall–Kier alpha value is -2.87. The molecule has 0 radical (unpaired) electrons. The Morgan fingerprint density at radius 2 is 1.64 bits per heavy atom. The van der Waals surface area contributed by atoms with Gasteiger partial charge in [0.15, 0.2) is 5.78 Å². The molecule has 150 valence electrons. The Balaban J connectivity index is 1.79. The smallest absolute Gasteiger partial charge is 0.332 e. The first-order chi connectivity index (χ1) is 13.2. The Morgan fingerprint density at radius 3 is 2.25 bits per heavy atom. The van der Waals surface area contributed by atoms with Crippen molar-refractivity contribution in [3.05, 3.63) is 56.2 Å². The van der Waals surface area contributed by atoms with Gasteiger partial charge in [0, 0.05) is 46.0 Å². The van der Waals surface area contributed by atoms with Crippen molar-refractivity contribution >= 4 is 17.3 Å². The lowest BCUT2D eigenvalue weighted by atomic mass is 10.0. The third-order valence-electron chi connectivity index (χ3n) is 5.65. The molecule has 1 atom stereocenters. The van der Waals surface area contributed by atoms with Crippen LogP contribution in [0, 0.1) is 6.92 Å². The number of Topliss-reactive ketones (excluding diaryl/α,β-unsaturated/α-hetero) is 1. The Morgan fingerprint density at radius 1 is 1.04 bits per heavy atom. The Kier molecular flexibility index (Phi) is 5.42. The molecule has 1 fully saturated rings. The lowest BCUT2D eigenvalue weighted by Gasteiger charge is -2.39. The number of aryl methyl sites for hydroxylation is 1. The Bertz CT molecular complexity index is 1020. The molecule has 1 aliphatic rings. The van der Waals surface area contributed by atoms with Crippen molar-refractivity contribution in [2.24, 2.45) is 14.1 Å². The molecule has 0 amide bonds. The average Bonchev–Trinajstić information content (AvgIpc) is 2.71. The van der Waals surface area contributed by atoms with Crippen molar-refractivity contribution in [1.29, 1.82) is 0 Å². The van der Waals surface area contributed by atoms with E-state index in [4.69, 9.17) is 5.73 Å². The summed E-state index contributed by atoms with van der Waals surface area (Å²) in [6.45, 7) is 6.87. The molecule has 8 nitrogen and oxygen atoms in total. The summed E-state index contributed by atoms with van der Waals surface area (Å²) in [6, 6.07) is 7.75. The number of ketones is 1. The maximum Gasteiger partial charge on any atom is 0.332 e. The second-order valence-corrected chi connectivity index (χ2v) is 7.32. The molecule has 1 aromatic carbocycles. The molecule has 1 saturated heterocycles. The molecule has 28 heavy (non-hydrogen) atoms. The molecule has 2 N–H and O–H groups in total. The number of nitrogens with two attached hydrogens (primary N) is 1. The number of benzene rings is 1. The third-order valence-corrected chi connectivity index (χ3v) is 5.65. The van der Waals surface area contributed by atoms with Gasteiger partial charge in [-0.05, 0) is 25.5 Å². The van der Waals surface area contributed by atoms with Crippen LogP contribution >= 0.6 is 0 Å². The molecule has 0 unspecified atom stereocenters. The van der Waals surface area contributed by atoms with Gasteiger partial charge in [0.05, 0.1) is 6.04 Å². The minimum Gasteiger partial charge on any atom is -0.384 e. The lowest BCUT2D eigenvalue weighted by Crippen LogP contribution is -2.53. The van der Waals surface area contributed by atoms with Crippen LogP contribution in [0.1, 0.15) is 22.8 Å². The van der Waals surface area contributed by atoms with Gasteiger partial charge >= 0.3 is 5.69 Å². The van der Waals surface area contributed by atoms with Gasteiger partial charge in [0.25, 0.3) is 5.56 Å². The van der Waals surface area contributed by atoms with E-state index < -0.39 is 17.3 Å². The zero-order chi connectivity index (χ0) is 20.6.